The summed E-state index contributed by atoms with van der Waals surface area (Å²) in [4.78, 5) is 11.7. The second kappa shape index (κ2) is 4.35. The molecule has 0 unspecified atom stereocenters. The molecule has 0 atom stereocenters. The lowest BCUT2D eigenvalue weighted by molar-refractivity contribution is 0.730. The first-order valence-corrected chi connectivity index (χ1v) is 5.39. The van der Waals surface area contributed by atoms with Crippen molar-refractivity contribution in [3.05, 3.63) is 69.6 Å². The van der Waals surface area contributed by atoms with Crippen LogP contribution in [0.25, 0.3) is 0 Å². The highest BCUT2D eigenvalue weighted by Crippen LogP contribution is 2.05. The summed E-state index contributed by atoms with van der Waals surface area (Å²) in [5.41, 5.74) is 3.44. The van der Waals surface area contributed by atoms with Crippen LogP contribution < -0.4 is 5.56 Å². The number of nitrogens with zero attached hydrogens (tertiary/aromatic N) is 1. The zero-order valence-corrected chi connectivity index (χ0v) is 9.60. The summed E-state index contributed by atoms with van der Waals surface area (Å²) in [6.07, 6.45) is 0. The molecule has 1 aromatic carbocycles. The van der Waals surface area contributed by atoms with Crippen molar-refractivity contribution in [1.29, 1.82) is 0 Å². The van der Waals surface area contributed by atoms with E-state index in [1.807, 2.05) is 13.0 Å². The Morgan fingerprint density at radius 3 is 2.31 bits per heavy atom. The van der Waals surface area contributed by atoms with Crippen LogP contribution in [0.3, 0.4) is 0 Å². The number of hydrogen-bond acceptors (Lipinski definition) is 1. The van der Waals surface area contributed by atoms with Gasteiger partial charge in [-0.1, -0.05) is 35.9 Å². The maximum Gasteiger partial charge on any atom is 0.251 e. The fourth-order valence-corrected chi connectivity index (χ4v) is 1.70. The first-order valence-electron chi connectivity index (χ1n) is 5.39. The van der Waals surface area contributed by atoms with Gasteiger partial charge in [0.05, 0.1) is 6.54 Å². The van der Waals surface area contributed by atoms with E-state index < -0.39 is 0 Å². The van der Waals surface area contributed by atoms with Crippen molar-refractivity contribution in [3.8, 4) is 0 Å². The molecule has 16 heavy (non-hydrogen) atoms. The highest BCUT2D eigenvalue weighted by atomic mass is 16.1. The summed E-state index contributed by atoms with van der Waals surface area (Å²) >= 11 is 0. The third kappa shape index (κ3) is 2.22. The summed E-state index contributed by atoms with van der Waals surface area (Å²) in [5, 5.41) is 0. The van der Waals surface area contributed by atoms with E-state index in [1.165, 1.54) is 5.56 Å². The van der Waals surface area contributed by atoms with Crippen molar-refractivity contribution in [2.45, 2.75) is 20.4 Å². The Labute approximate surface area is 95.2 Å². The Bertz CT molecular complexity index is 537. The van der Waals surface area contributed by atoms with Crippen LogP contribution in [0.4, 0.5) is 0 Å². The van der Waals surface area contributed by atoms with Crippen LogP contribution in [0.2, 0.25) is 0 Å². The molecular formula is C14H15NO. The molecule has 82 valence electrons. The molecule has 0 bridgehead atoms. The number of rotatable bonds is 2. The molecule has 0 fully saturated rings. The van der Waals surface area contributed by atoms with Gasteiger partial charge in [0, 0.05) is 11.8 Å². The van der Waals surface area contributed by atoms with Crippen LogP contribution in [-0.2, 0) is 6.54 Å². The Kier molecular flexibility index (Phi) is 2.91. The fourth-order valence-electron chi connectivity index (χ4n) is 1.70. The van der Waals surface area contributed by atoms with Crippen molar-refractivity contribution in [2.75, 3.05) is 0 Å². The minimum absolute atomic E-state index is 0.0561. The highest BCUT2D eigenvalue weighted by Gasteiger charge is 2.00. The van der Waals surface area contributed by atoms with Crippen LogP contribution >= 0.6 is 0 Å². The third-order valence-corrected chi connectivity index (χ3v) is 2.73. The molecule has 0 saturated heterocycles. The molecular weight excluding hydrogens is 198 g/mol. The molecule has 2 heteroatoms. The highest BCUT2D eigenvalue weighted by molar-refractivity contribution is 5.22. The van der Waals surface area contributed by atoms with Gasteiger partial charge in [-0.2, -0.15) is 0 Å². The Morgan fingerprint density at radius 2 is 1.69 bits per heavy atom. The Hall–Kier alpha value is -1.83. The van der Waals surface area contributed by atoms with Gasteiger partial charge in [-0.05, 0) is 25.5 Å². The van der Waals surface area contributed by atoms with Crippen molar-refractivity contribution < 1.29 is 0 Å². The average Bonchev–Trinajstić information content (AvgIpc) is 2.26. The van der Waals surface area contributed by atoms with Gasteiger partial charge in [0.15, 0.2) is 0 Å². The molecule has 0 saturated carbocycles. The minimum Gasteiger partial charge on any atom is -0.309 e. The fraction of sp³-hybridized carbons (Fsp3) is 0.214. The number of benzene rings is 1. The summed E-state index contributed by atoms with van der Waals surface area (Å²) in [6.45, 7) is 4.66. The molecule has 1 aromatic heterocycles. The Morgan fingerprint density at radius 1 is 1.00 bits per heavy atom. The second-order valence-electron chi connectivity index (χ2n) is 4.08. The molecule has 0 spiro atoms. The van der Waals surface area contributed by atoms with Crippen molar-refractivity contribution in [2.24, 2.45) is 0 Å². The van der Waals surface area contributed by atoms with Crippen LogP contribution in [0.5, 0.6) is 0 Å². The minimum atomic E-state index is 0.0561. The normalized spacial score (nSPS) is 10.4. The lowest BCUT2D eigenvalue weighted by atomic mass is 10.1. The zero-order chi connectivity index (χ0) is 11.5. The zero-order valence-electron chi connectivity index (χ0n) is 9.60. The van der Waals surface area contributed by atoms with Gasteiger partial charge in [0.25, 0.3) is 5.56 Å². The van der Waals surface area contributed by atoms with E-state index >= 15 is 0 Å². The topological polar surface area (TPSA) is 22.0 Å². The molecule has 2 nitrogen and oxygen atoms in total. The van der Waals surface area contributed by atoms with Crippen molar-refractivity contribution in [3.63, 3.8) is 0 Å². The molecule has 0 aliphatic heterocycles. The summed E-state index contributed by atoms with van der Waals surface area (Å²) in [6, 6.07) is 13.6. The molecule has 0 radical (unpaired) electrons. The summed E-state index contributed by atoms with van der Waals surface area (Å²) in [7, 11) is 0. The predicted octanol–water partition coefficient (Wildman–Crippen LogP) is 2.51. The van der Waals surface area contributed by atoms with Crippen LogP contribution in [-0.4, -0.2) is 4.57 Å². The van der Waals surface area contributed by atoms with E-state index in [-0.39, 0.29) is 5.56 Å². The van der Waals surface area contributed by atoms with Gasteiger partial charge >= 0.3 is 0 Å². The van der Waals surface area contributed by atoms with E-state index in [9.17, 15) is 4.79 Å². The first kappa shape index (κ1) is 10.7. The van der Waals surface area contributed by atoms with Crippen molar-refractivity contribution in [1.82, 2.24) is 4.57 Å². The number of aryl methyl sites for hydroxylation is 2. The van der Waals surface area contributed by atoms with E-state index in [4.69, 9.17) is 0 Å². The van der Waals surface area contributed by atoms with E-state index in [0.29, 0.717) is 6.54 Å². The monoisotopic (exact) mass is 213 g/mol. The molecule has 2 aromatic rings. The molecule has 0 N–H and O–H groups in total. The van der Waals surface area contributed by atoms with E-state index in [0.717, 1.165) is 11.3 Å². The quantitative estimate of drug-likeness (QED) is 0.751. The lowest BCUT2D eigenvalue weighted by Crippen LogP contribution is -2.21. The standard InChI is InChI=1S/C14H15NO/c1-11-6-8-13(9-7-11)10-15-12(2)4-3-5-14(15)16/h3-9H,10H2,1-2H3. The second-order valence-corrected chi connectivity index (χ2v) is 4.08. The maximum atomic E-state index is 11.7. The molecule has 0 aliphatic rings. The number of hydrogen-bond donors (Lipinski definition) is 0. The van der Waals surface area contributed by atoms with Gasteiger partial charge in [-0.3, -0.25) is 4.79 Å². The number of aromatic nitrogens is 1. The van der Waals surface area contributed by atoms with E-state index in [2.05, 4.69) is 31.2 Å². The molecule has 0 aliphatic carbocycles. The van der Waals surface area contributed by atoms with Gasteiger partial charge in [0.1, 0.15) is 0 Å². The molecule has 1 heterocycles. The Balaban J connectivity index is 2.34. The van der Waals surface area contributed by atoms with Gasteiger partial charge < -0.3 is 4.57 Å². The van der Waals surface area contributed by atoms with Crippen LogP contribution in [0, 0.1) is 13.8 Å². The third-order valence-electron chi connectivity index (χ3n) is 2.73. The summed E-state index contributed by atoms with van der Waals surface area (Å²) < 4.78 is 1.78. The van der Waals surface area contributed by atoms with Crippen LogP contribution in [0.1, 0.15) is 16.8 Å². The SMILES string of the molecule is Cc1ccc(Cn2c(C)cccc2=O)cc1. The average molecular weight is 213 g/mol. The molecule has 0 amide bonds. The maximum absolute atomic E-state index is 11.7. The predicted molar refractivity (Wildman–Crippen MR) is 65.7 cm³/mol. The number of pyridine rings is 1. The molecule has 2 rings (SSSR count). The largest absolute Gasteiger partial charge is 0.309 e. The van der Waals surface area contributed by atoms with E-state index in [1.54, 1.807) is 16.7 Å². The summed E-state index contributed by atoms with van der Waals surface area (Å²) in [5.74, 6) is 0. The van der Waals surface area contributed by atoms with Crippen LogP contribution in [0.15, 0.2) is 47.3 Å². The van der Waals surface area contributed by atoms with Gasteiger partial charge in [-0.15, -0.1) is 0 Å². The smallest absolute Gasteiger partial charge is 0.251 e. The first-order chi connectivity index (χ1) is 7.66. The van der Waals surface area contributed by atoms with Crippen molar-refractivity contribution >= 4 is 0 Å². The van der Waals surface area contributed by atoms with Gasteiger partial charge in [-0.25, -0.2) is 0 Å². The van der Waals surface area contributed by atoms with Gasteiger partial charge in [0.2, 0.25) is 0 Å². The lowest BCUT2D eigenvalue weighted by Gasteiger charge is -2.09.